The fourth-order valence-electron chi connectivity index (χ4n) is 1.40. The topological polar surface area (TPSA) is 117 Å². The zero-order valence-electron chi connectivity index (χ0n) is 9.41. The molecular weight excluding hydrogens is 230 g/mol. The first-order valence-corrected chi connectivity index (χ1v) is 5.08. The molecule has 1 aliphatic rings. The Balaban J connectivity index is 2.48. The molecule has 4 N–H and O–H groups in total. The number of likely N-dealkylation sites (N-methyl/N-ethyl adjacent to an activating group) is 1. The minimum absolute atomic E-state index is 0.0737. The standard InChI is InChI=1S/C9H15N3O5/c1-10-6(13)4-11-8(16)12-9(7(14)15)2-3-17-5-9/h2-5H2,1H3,(H,10,13)(H,14,15)(H2,11,12,16). The van der Waals surface area contributed by atoms with E-state index in [-0.39, 0.29) is 32.1 Å². The number of carbonyl (C=O) groups excluding carboxylic acids is 2. The molecule has 17 heavy (non-hydrogen) atoms. The van der Waals surface area contributed by atoms with E-state index in [4.69, 9.17) is 9.84 Å². The molecule has 0 spiro atoms. The second-order valence-electron chi connectivity index (χ2n) is 3.67. The Labute approximate surface area is 97.7 Å². The van der Waals surface area contributed by atoms with Gasteiger partial charge in [-0.15, -0.1) is 0 Å². The molecule has 0 aromatic rings. The number of aliphatic carboxylic acids is 1. The number of carbonyl (C=O) groups is 3. The molecular formula is C9H15N3O5. The second-order valence-corrected chi connectivity index (χ2v) is 3.67. The maximum Gasteiger partial charge on any atom is 0.332 e. The molecule has 1 atom stereocenters. The molecule has 1 fully saturated rings. The summed E-state index contributed by atoms with van der Waals surface area (Å²) in [5.74, 6) is -1.52. The summed E-state index contributed by atoms with van der Waals surface area (Å²) in [5.41, 5.74) is -1.40. The summed E-state index contributed by atoms with van der Waals surface area (Å²) in [7, 11) is 1.44. The third kappa shape index (κ3) is 3.31. The number of amides is 3. The Morgan fingerprint density at radius 1 is 1.41 bits per heavy atom. The van der Waals surface area contributed by atoms with Crippen LogP contribution in [0.5, 0.6) is 0 Å². The van der Waals surface area contributed by atoms with Crippen molar-refractivity contribution in [1.82, 2.24) is 16.0 Å². The highest BCUT2D eigenvalue weighted by Gasteiger charge is 2.43. The third-order valence-corrected chi connectivity index (χ3v) is 2.47. The predicted molar refractivity (Wildman–Crippen MR) is 56.4 cm³/mol. The Morgan fingerprint density at radius 2 is 2.12 bits per heavy atom. The van der Waals surface area contributed by atoms with Crippen LogP contribution in [0.3, 0.4) is 0 Å². The number of hydrogen-bond donors (Lipinski definition) is 4. The van der Waals surface area contributed by atoms with Crippen LogP contribution in [0.2, 0.25) is 0 Å². The van der Waals surface area contributed by atoms with Crippen LogP contribution in [0.4, 0.5) is 4.79 Å². The van der Waals surface area contributed by atoms with Gasteiger partial charge in [-0.3, -0.25) is 4.79 Å². The van der Waals surface area contributed by atoms with Crippen LogP contribution in [-0.4, -0.2) is 55.4 Å². The molecule has 96 valence electrons. The number of hydrogen-bond acceptors (Lipinski definition) is 4. The maximum absolute atomic E-state index is 11.4. The van der Waals surface area contributed by atoms with Gasteiger partial charge in [-0.2, -0.15) is 0 Å². The molecule has 1 rings (SSSR count). The molecule has 0 bridgehead atoms. The number of urea groups is 1. The van der Waals surface area contributed by atoms with Crippen LogP contribution in [0.25, 0.3) is 0 Å². The highest BCUT2D eigenvalue weighted by molar-refractivity contribution is 5.88. The van der Waals surface area contributed by atoms with Gasteiger partial charge in [0.2, 0.25) is 5.91 Å². The first-order valence-electron chi connectivity index (χ1n) is 5.08. The summed E-state index contributed by atoms with van der Waals surface area (Å²) in [5, 5.41) is 15.9. The lowest BCUT2D eigenvalue weighted by molar-refractivity contribution is -0.144. The number of rotatable bonds is 4. The normalized spacial score (nSPS) is 22.9. The predicted octanol–water partition coefficient (Wildman–Crippen LogP) is -1.72. The van der Waals surface area contributed by atoms with Gasteiger partial charge < -0.3 is 25.8 Å². The van der Waals surface area contributed by atoms with Crippen molar-refractivity contribution < 1.29 is 24.2 Å². The van der Waals surface area contributed by atoms with Gasteiger partial charge in [-0.25, -0.2) is 9.59 Å². The van der Waals surface area contributed by atoms with E-state index in [2.05, 4.69) is 16.0 Å². The molecule has 1 saturated heterocycles. The van der Waals surface area contributed by atoms with E-state index in [1.54, 1.807) is 0 Å². The van der Waals surface area contributed by atoms with E-state index in [1.807, 2.05) is 0 Å². The fourth-order valence-corrected chi connectivity index (χ4v) is 1.40. The molecule has 3 amide bonds. The Morgan fingerprint density at radius 3 is 2.59 bits per heavy atom. The SMILES string of the molecule is CNC(=O)CNC(=O)NC1(C(=O)O)CCOC1. The highest BCUT2D eigenvalue weighted by Crippen LogP contribution is 2.18. The Kier molecular flexibility index (Phi) is 4.27. The van der Waals surface area contributed by atoms with Crippen LogP contribution < -0.4 is 16.0 Å². The minimum Gasteiger partial charge on any atom is -0.479 e. The van der Waals surface area contributed by atoms with Gasteiger partial charge in [0.1, 0.15) is 0 Å². The van der Waals surface area contributed by atoms with Crippen molar-refractivity contribution >= 4 is 17.9 Å². The summed E-state index contributed by atoms with van der Waals surface area (Å²) in [6, 6.07) is -0.707. The van der Waals surface area contributed by atoms with E-state index in [0.717, 1.165) is 0 Å². The van der Waals surface area contributed by atoms with E-state index in [9.17, 15) is 14.4 Å². The number of ether oxygens (including phenoxy) is 1. The molecule has 1 unspecified atom stereocenters. The molecule has 8 nitrogen and oxygen atoms in total. The van der Waals surface area contributed by atoms with Crippen LogP contribution >= 0.6 is 0 Å². The van der Waals surface area contributed by atoms with Crippen LogP contribution in [-0.2, 0) is 14.3 Å². The molecule has 1 heterocycles. The van der Waals surface area contributed by atoms with Gasteiger partial charge in [0.25, 0.3) is 0 Å². The molecule has 8 heteroatoms. The van der Waals surface area contributed by atoms with Crippen molar-refractivity contribution in [3.63, 3.8) is 0 Å². The molecule has 0 aromatic carbocycles. The van der Waals surface area contributed by atoms with Crippen molar-refractivity contribution in [3.8, 4) is 0 Å². The zero-order chi connectivity index (χ0) is 12.9. The fraction of sp³-hybridized carbons (Fsp3) is 0.667. The lowest BCUT2D eigenvalue weighted by Crippen LogP contribution is -2.58. The first-order chi connectivity index (χ1) is 8.00. The van der Waals surface area contributed by atoms with E-state index < -0.39 is 17.5 Å². The van der Waals surface area contributed by atoms with E-state index in [1.165, 1.54) is 7.05 Å². The summed E-state index contributed by atoms with van der Waals surface area (Å²) in [4.78, 5) is 33.3. The lowest BCUT2D eigenvalue weighted by Gasteiger charge is -2.23. The average Bonchev–Trinajstić information content (AvgIpc) is 2.75. The third-order valence-electron chi connectivity index (χ3n) is 2.47. The summed E-state index contributed by atoms with van der Waals surface area (Å²) < 4.78 is 4.97. The van der Waals surface area contributed by atoms with Crippen LogP contribution in [0, 0.1) is 0 Å². The van der Waals surface area contributed by atoms with Crippen molar-refractivity contribution in [1.29, 1.82) is 0 Å². The first kappa shape index (κ1) is 13.2. The second kappa shape index (κ2) is 5.48. The van der Waals surface area contributed by atoms with Gasteiger partial charge in [-0.1, -0.05) is 0 Å². The monoisotopic (exact) mass is 245 g/mol. The molecule has 1 aliphatic heterocycles. The van der Waals surface area contributed by atoms with Crippen molar-refractivity contribution in [2.45, 2.75) is 12.0 Å². The molecule has 0 aliphatic carbocycles. The largest absolute Gasteiger partial charge is 0.479 e. The van der Waals surface area contributed by atoms with Gasteiger partial charge in [0.15, 0.2) is 5.54 Å². The maximum atomic E-state index is 11.4. The van der Waals surface area contributed by atoms with Gasteiger partial charge in [0, 0.05) is 20.1 Å². The van der Waals surface area contributed by atoms with Crippen LogP contribution in [0.1, 0.15) is 6.42 Å². The number of carboxylic acid groups (broad SMARTS) is 1. The van der Waals surface area contributed by atoms with Crippen molar-refractivity contribution in [2.24, 2.45) is 0 Å². The van der Waals surface area contributed by atoms with E-state index in [0.29, 0.717) is 0 Å². The summed E-state index contributed by atoms with van der Waals surface area (Å²) >= 11 is 0. The highest BCUT2D eigenvalue weighted by atomic mass is 16.5. The Bertz CT molecular complexity index is 325. The van der Waals surface area contributed by atoms with Crippen molar-refractivity contribution in [2.75, 3.05) is 26.8 Å². The van der Waals surface area contributed by atoms with Crippen molar-refractivity contribution in [3.05, 3.63) is 0 Å². The molecule has 0 saturated carbocycles. The smallest absolute Gasteiger partial charge is 0.332 e. The molecule has 0 aromatic heterocycles. The van der Waals surface area contributed by atoms with Crippen LogP contribution in [0.15, 0.2) is 0 Å². The number of nitrogens with one attached hydrogen (secondary N) is 3. The molecule has 0 radical (unpaired) electrons. The minimum atomic E-state index is -1.40. The quantitative estimate of drug-likeness (QED) is 0.470. The summed E-state index contributed by atoms with van der Waals surface area (Å²) in [6.45, 7) is -0.00333. The van der Waals surface area contributed by atoms with Gasteiger partial charge >= 0.3 is 12.0 Å². The summed E-state index contributed by atoms with van der Waals surface area (Å²) in [6.07, 6.45) is 0.204. The van der Waals surface area contributed by atoms with E-state index >= 15 is 0 Å². The Hall–Kier alpha value is -1.83. The van der Waals surface area contributed by atoms with Gasteiger partial charge in [0.05, 0.1) is 13.2 Å². The van der Waals surface area contributed by atoms with Gasteiger partial charge in [-0.05, 0) is 0 Å². The zero-order valence-corrected chi connectivity index (χ0v) is 9.41. The average molecular weight is 245 g/mol. The number of carboxylic acids is 1. The lowest BCUT2D eigenvalue weighted by atomic mass is 9.99.